The zero-order valence-electron chi connectivity index (χ0n) is 18.8. The summed E-state index contributed by atoms with van der Waals surface area (Å²) < 4.78 is 1.66. The number of hydrogen-bond donors (Lipinski definition) is 0. The summed E-state index contributed by atoms with van der Waals surface area (Å²) in [6.07, 6.45) is 0.929. The third kappa shape index (κ3) is 4.02. The van der Waals surface area contributed by atoms with Gasteiger partial charge >= 0.3 is 0 Å². The molecular formula is C25H31N3O2. The van der Waals surface area contributed by atoms with Crippen LogP contribution >= 0.6 is 0 Å². The number of fused-ring (bicyclic) bond motifs is 1. The fourth-order valence-electron chi connectivity index (χ4n) is 3.72. The van der Waals surface area contributed by atoms with Crippen molar-refractivity contribution in [3.8, 4) is 5.69 Å². The number of carbonyl (C=O) groups is 1. The van der Waals surface area contributed by atoms with Crippen LogP contribution in [0, 0.1) is 5.41 Å². The molecule has 0 aliphatic heterocycles. The molecule has 1 atom stereocenters. The Kier molecular flexibility index (Phi) is 6.11. The lowest BCUT2D eigenvalue weighted by atomic mass is 9.94. The maximum absolute atomic E-state index is 13.5. The van der Waals surface area contributed by atoms with Crippen LogP contribution in [-0.4, -0.2) is 26.9 Å². The standard InChI is InChI=1S/C25H31N3O2/c1-7-18-13-15-19(16-14-18)28-22(17(3)27(8-2)24(30)25(4,5)6)26-21-12-10-9-11-20(21)23(28)29/h9-17H,7-8H2,1-6H3. The molecule has 5 nitrogen and oxygen atoms in total. The lowest BCUT2D eigenvalue weighted by molar-refractivity contribution is -0.141. The highest BCUT2D eigenvalue weighted by Crippen LogP contribution is 2.27. The SMILES string of the molecule is CCc1ccc(-n2c(C(C)N(CC)C(=O)C(C)(C)C)nc3ccccc3c2=O)cc1. The van der Waals surface area contributed by atoms with Gasteiger partial charge in [-0.25, -0.2) is 4.98 Å². The second kappa shape index (κ2) is 8.42. The van der Waals surface area contributed by atoms with E-state index in [2.05, 4.69) is 6.92 Å². The number of aryl methyl sites for hydroxylation is 1. The summed E-state index contributed by atoms with van der Waals surface area (Å²) in [5.41, 5.74) is 1.97. The van der Waals surface area contributed by atoms with E-state index in [1.165, 1.54) is 5.56 Å². The molecule has 0 radical (unpaired) electrons. The van der Waals surface area contributed by atoms with E-state index >= 15 is 0 Å². The van der Waals surface area contributed by atoms with Crippen LogP contribution in [-0.2, 0) is 11.2 Å². The molecule has 0 aliphatic rings. The first kappa shape index (κ1) is 21.8. The maximum Gasteiger partial charge on any atom is 0.266 e. The Bertz CT molecular complexity index is 1110. The van der Waals surface area contributed by atoms with Crippen LogP contribution in [0.4, 0.5) is 0 Å². The first-order chi connectivity index (χ1) is 14.2. The Morgan fingerprint density at radius 2 is 1.70 bits per heavy atom. The molecule has 1 aromatic heterocycles. The van der Waals surface area contributed by atoms with E-state index in [-0.39, 0.29) is 17.5 Å². The predicted octanol–water partition coefficient (Wildman–Crippen LogP) is 4.90. The van der Waals surface area contributed by atoms with E-state index < -0.39 is 5.41 Å². The van der Waals surface area contributed by atoms with Crippen molar-refractivity contribution in [1.82, 2.24) is 14.5 Å². The monoisotopic (exact) mass is 405 g/mol. The van der Waals surface area contributed by atoms with Gasteiger partial charge in [0.25, 0.3) is 5.56 Å². The molecule has 3 aromatic rings. The normalized spacial score (nSPS) is 12.7. The molecule has 5 heteroatoms. The average molecular weight is 406 g/mol. The van der Waals surface area contributed by atoms with Crippen molar-refractivity contribution in [2.75, 3.05) is 6.54 Å². The molecule has 2 aromatic carbocycles. The minimum Gasteiger partial charge on any atom is -0.333 e. The fourth-order valence-corrected chi connectivity index (χ4v) is 3.72. The van der Waals surface area contributed by atoms with Gasteiger partial charge in [0.15, 0.2) is 0 Å². The van der Waals surface area contributed by atoms with E-state index in [0.29, 0.717) is 23.3 Å². The minimum atomic E-state index is -0.519. The molecule has 1 unspecified atom stereocenters. The van der Waals surface area contributed by atoms with Gasteiger partial charge in [-0.2, -0.15) is 0 Å². The minimum absolute atomic E-state index is 0.0350. The number of amides is 1. The summed E-state index contributed by atoms with van der Waals surface area (Å²) in [6.45, 7) is 12.3. The highest BCUT2D eigenvalue weighted by molar-refractivity contribution is 5.82. The lowest BCUT2D eigenvalue weighted by Crippen LogP contribution is -2.42. The molecule has 1 amide bonds. The number of benzene rings is 2. The second-order valence-corrected chi connectivity index (χ2v) is 8.66. The zero-order valence-corrected chi connectivity index (χ0v) is 18.8. The van der Waals surface area contributed by atoms with Crippen molar-refractivity contribution in [3.05, 3.63) is 70.3 Å². The number of aromatic nitrogens is 2. The summed E-state index contributed by atoms with van der Waals surface area (Å²) in [5, 5.41) is 0.568. The molecule has 0 saturated heterocycles. The fraction of sp³-hybridized carbons (Fsp3) is 0.400. The Morgan fingerprint density at radius 1 is 1.07 bits per heavy atom. The third-order valence-electron chi connectivity index (χ3n) is 5.49. The Morgan fingerprint density at radius 3 is 2.27 bits per heavy atom. The van der Waals surface area contributed by atoms with Gasteiger partial charge in [0.1, 0.15) is 5.82 Å². The van der Waals surface area contributed by atoms with Crippen LogP contribution in [0.25, 0.3) is 16.6 Å². The Labute approximate surface area is 178 Å². The van der Waals surface area contributed by atoms with Crippen LogP contribution in [0.3, 0.4) is 0 Å². The number of hydrogen-bond acceptors (Lipinski definition) is 3. The summed E-state index contributed by atoms with van der Waals surface area (Å²) in [7, 11) is 0. The quantitative estimate of drug-likeness (QED) is 0.606. The van der Waals surface area contributed by atoms with E-state index in [1.54, 1.807) is 15.5 Å². The predicted molar refractivity (Wildman–Crippen MR) is 122 cm³/mol. The van der Waals surface area contributed by atoms with E-state index in [0.717, 1.165) is 12.1 Å². The Hall–Kier alpha value is -2.95. The van der Waals surface area contributed by atoms with E-state index in [4.69, 9.17) is 4.98 Å². The molecule has 0 fully saturated rings. The number of nitrogens with zero attached hydrogens (tertiary/aromatic N) is 3. The molecule has 0 aliphatic carbocycles. The molecule has 0 saturated carbocycles. The zero-order chi connectivity index (χ0) is 22.1. The van der Waals surface area contributed by atoms with Crippen molar-refractivity contribution < 1.29 is 4.79 Å². The summed E-state index contributed by atoms with van der Waals surface area (Å²) in [4.78, 5) is 33.3. The van der Waals surface area contributed by atoms with Crippen LogP contribution in [0.15, 0.2) is 53.3 Å². The summed E-state index contributed by atoms with van der Waals surface area (Å²) in [5.74, 6) is 0.607. The van der Waals surface area contributed by atoms with Crippen molar-refractivity contribution in [2.24, 2.45) is 5.41 Å². The highest BCUT2D eigenvalue weighted by atomic mass is 16.2. The number of para-hydroxylation sites is 1. The molecule has 158 valence electrons. The van der Waals surface area contributed by atoms with Gasteiger partial charge in [-0.05, 0) is 50.1 Å². The summed E-state index contributed by atoms with van der Waals surface area (Å²) >= 11 is 0. The lowest BCUT2D eigenvalue weighted by Gasteiger charge is -2.34. The van der Waals surface area contributed by atoms with Crippen molar-refractivity contribution in [3.63, 3.8) is 0 Å². The van der Waals surface area contributed by atoms with Gasteiger partial charge in [-0.15, -0.1) is 0 Å². The van der Waals surface area contributed by atoms with Crippen LogP contribution in [0.5, 0.6) is 0 Å². The number of carbonyl (C=O) groups excluding carboxylic acids is 1. The van der Waals surface area contributed by atoms with Crippen LogP contribution < -0.4 is 5.56 Å². The first-order valence-corrected chi connectivity index (χ1v) is 10.6. The van der Waals surface area contributed by atoms with Crippen LogP contribution in [0.1, 0.15) is 59.0 Å². The largest absolute Gasteiger partial charge is 0.333 e. The molecular weight excluding hydrogens is 374 g/mol. The molecule has 0 N–H and O–H groups in total. The van der Waals surface area contributed by atoms with Crippen molar-refractivity contribution in [1.29, 1.82) is 0 Å². The number of rotatable bonds is 5. The van der Waals surface area contributed by atoms with Gasteiger partial charge in [0, 0.05) is 12.0 Å². The van der Waals surface area contributed by atoms with Crippen molar-refractivity contribution >= 4 is 16.8 Å². The topological polar surface area (TPSA) is 55.2 Å². The average Bonchev–Trinajstić information content (AvgIpc) is 2.73. The van der Waals surface area contributed by atoms with Gasteiger partial charge in [-0.3, -0.25) is 14.2 Å². The van der Waals surface area contributed by atoms with E-state index in [9.17, 15) is 9.59 Å². The smallest absolute Gasteiger partial charge is 0.266 e. The van der Waals surface area contributed by atoms with Crippen molar-refractivity contribution in [2.45, 2.75) is 54.0 Å². The molecule has 1 heterocycles. The van der Waals surface area contributed by atoms with E-state index in [1.807, 2.05) is 77.1 Å². The molecule has 0 bridgehead atoms. The van der Waals surface area contributed by atoms with Crippen LogP contribution in [0.2, 0.25) is 0 Å². The molecule has 3 rings (SSSR count). The van der Waals surface area contributed by atoms with Gasteiger partial charge in [-0.1, -0.05) is 52.0 Å². The second-order valence-electron chi connectivity index (χ2n) is 8.66. The van der Waals surface area contributed by atoms with Gasteiger partial charge in [0.2, 0.25) is 5.91 Å². The summed E-state index contributed by atoms with van der Waals surface area (Å²) in [6, 6.07) is 15.0. The molecule has 30 heavy (non-hydrogen) atoms. The highest BCUT2D eigenvalue weighted by Gasteiger charge is 2.32. The third-order valence-corrected chi connectivity index (χ3v) is 5.49. The maximum atomic E-state index is 13.5. The van der Waals surface area contributed by atoms with Gasteiger partial charge in [0.05, 0.1) is 22.6 Å². The Balaban J connectivity index is 2.26. The first-order valence-electron chi connectivity index (χ1n) is 10.6. The van der Waals surface area contributed by atoms with Gasteiger partial charge < -0.3 is 4.90 Å². The molecule has 0 spiro atoms.